The SMILES string of the molecule is CCOC(=O)C1=NN(c2ccc(F)cc2)C(C(N)=O)C1. The lowest BCUT2D eigenvalue weighted by molar-refractivity contribution is -0.135. The van der Waals surface area contributed by atoms with Gasteiger partial charge in [0.25, 0.3) is 0 Å². The van der Waals surface area contributed by atoms with Gasteiger partial charge in [-0.25, -0.2) is 9.18 Å². The normalized spacial score (nSPS) is 17.8. The predicted molar refractivity (Wildman–Crippen MR) is 70.5 cm³/mol. The Balaban J connectivity index is 2.29. The van der Waals surface area contributed by atoms with Crippen molar-refractivity contribution in [3.63, 3.8) is 0 Å². The van der Waals surface area contributed by atoms with E-state index in [9.17, 15) is 14.0 Å². The summed E-state index contributed by atoms with van der Waals surface area (Å²) in [7, 11) is 0. The first-order valence-corrected chi connectivity index (χ1v) is 6.11. The van der Waals surface area contributed by atoms with E-state index < -0.39 is 23.7 Å². The molecular formula is C13H14FN3O3. The third kappa shape index (κ3) is 2.76. The summed E-state index contributed by atoms with van der Waals surface area (Å²) in [5, 5.41) is 5.37. The van der Waals surface area contributed by atoms with E-state index >= 15 is 0 Å². The zero-order valence-electron chi connectivity index (χ0n) is 10.9. The minimum Gasteiger partial charge on any atom is -0.461 e. The number of halogens is 1. The van der Waals surface area contributed by atoms with Crippen molar-refractivity contribution >= 4 is 23.3 Å². The number of rotatable bonds is 4. The number of nitrogens with zero attached hydrogens (tertiary/aromatic N) is 2. The maximum Gasteiger partial charge on any atom is 0.354 e. The molecule has 1 aliphatic heterocycles. The van der Waals surface area contributed by atoms with Gasteiger partial charge in [0.1, 0.15) is 17.6 Å². The van der Waals surface area contributed by atoms with E-state index in [2.05, 4.69) is 5.10 Å². The molecule has 1 amide bonds. The quantitative estimate of drug-likeness (QED) is 0.826. The van der Waals surface area contributed by atoms with Crippen LogP contribution >= 0.6 is 0 Å². The van der Waals surface area contributed by atoms with Crippen LogP contribution in [0.25, 0.3) is 0 Å². The number of benzene rings is 1. The molecule has 0 aliphatic carbocycles. The lowest BCUT2D eigenvalue weighted by Crippen LogP contribution is -2.39. The summed E-state index contributed by atoms with van der Waals surface area (Å²) in [6.45, 7) is 1.90. The highest BCUT2D eigenvalue weighted by molar-refractivity contribution is 6.38. The van der Waals surface area contributed by atoms with Crippen LogP contribution < -0.4 is 10.7 Å². The number of ether oxygens (including phenoxy) is 1. The molecule has 7 heteroatoms. The van der Waals surface area contributed by atoms with Gasteiger partial charge in [-0.1, -0.05) is 0 Å². The smallest absolute Gasteiger partial charge is 0.354 e. The lowest BCUT2D eigenvalue weighted by atomic mass is 10.1. The van der Waals surface area contributed by atoms with Crippen molar-refractivity contribution in [2.75, 3.05) is 11.6 Å². The second-order valence-corrected chi connectivity index (χ2v) is 4.21. The van der Waals surface area contributed by atoms with Gasteiger partial charge in [-0.3, -0.25) is 9.80 Å². The van der Waals surface area contributed by atoms with Gasteiger partial charge in [0.15, 0.2) is 0 Å². The maximum absolute atomic E-state index is 12.9. The fourth-order valence-electron chi connectivity index (χ4n) is 1.90. The van der Waals surface area contributed by atoms with Gasteiger partial charge in [0.05, 0.1) is 12.3 Å². The van der Waals surface area contributed by atoms with Gasteiger partial charge in [0.2, 0.25) is 5.91 Å². The Morgan fingerprint density at radius 2 is 2.10 bits per heavy atom. The number of nitrogens with two attached hydrogens (primary N) is 1. The Labute approximate surface area is 115 Å². The van der Waals surface area contributed by atoms with Crippen LogP contribution in [0.1, 0.15) is 13.3 Å². The molecule has 0 bridgehead atoms. The Kier molecular flexibility index (Phi) is 3.97. The maximum atomic E-state index is 12.9. The van der Waals surface area contributed by atoms with E-state index in [1.54, 1.807) is 6.92 Å². The second-order valence-electron chi connectivity index (χ2n) is 4.21. The monoisotopic (exact) mass is 279 g/mol. The van der Waals surface area contributed by atoms with E-state index in [0.717, 1.165) is 0 Å². The number of esters is 1. The van der Waals surface area contributed by atoms with Gasteiger partial charge < -0.3 is 10.5 Å². The van der Waals surface area contributed by atoms with E-state index in [4.69, 9.17) is 10.5 Å². The molecule has 0 fully saturated rings. The van der Waals surface area contributed by atoms with Gasteiger partial charge in [-0.05, 0) is 31.2 Å². The number of hydrogen-bond donors (Lipinski definition) is 1. The Morgan fingerprint density at radius 1 is 1.45 bits per heavy atom. The fourth-order valence-corrected chi connectivity index (χ4v) is 1.90. The largest absolute Gasteiger partial charge is 0.461 e. The molecule has 1 atom stereocenters. The lowest BCUT2D eigenvalue weighted by Gasteiger charge is -2.20. The summed E-state index contributed by atoms with van der Waals surface area (Å²) < 4.78 is 17.8. The second kappa shape index (κ2) is 5.68. The van der Waals surface area contributed by atoms with Crippen LogP contribution in [0.2, 0.25) is 0 Å². The number of hydrazone groups is 1. The summed E-state index contributed by atoms with van der Waals surface area (Å²) >= 11 is 0. The van der Waals surface area contributed by atoms with Crippen LogP contribution in [0.3, 0.4) is 0 Å². The molecule has 1 aromatic carbocycles. The highest BCUT2D eigenvalue weighted by Crippen LogP contribution is 2.25. The topological polar surface area (TPSA) is 85.0 Å². The van der Waals surface area contributed by atoms with Crippen molar-refractivity contribution in [1.82, 2.24) is 0 Å². The molecule has 1 aromatic rings. The van der Waals surface area contributed by atoms with Gasteiger partial charge in [-0.2, -0.15) is 5.10 Å². The third-order valence-electron chi connectivity index (χ3n) is 2.84. The molecule has 2 N–H and O–H groups in total. The van der Waals surface area contributed by atoms with Crippen molar-refractivity contribution in [3.8, 4) is 0 Å². The molecule has 0 spiro atoms. The third-order valence-corrected chi connectivity index (χ3v) is 2.84. The molecule has 0 saturated carbocycles. The van der Waals surface area contributed by atoms with Gasteiger partial charge in [0, 0.05) is 6.42 Å². The summed E-state index contributed by atoms with van der Waals surface area (Å²) in [6, 6.07) is 4.63. The standard InChI is InChI=1S/C13H14FN3O3/c1-2-20-13(19)10-7-11(12(15)18)17(16-10)9-5-3-8(14)4-6-9/h3-6,11H,2,7H2,1H3,(H2,15,18). The van der Waals surface area contributed by atoms with Crippen LogP contribution in [0.5, 0.6) is 0 Å². The summed E-state index contributed by atoms with van der Waals surface area (Å²) in [6.07, 6.45) is 0.0749. The van der Waals surface area contributed by atoms with Crippen LogP contribution in [0.4, 0.5) is 10.1 Å². The number of anilines is 1. The molecule has 1 unspecified atom stereocenters. The van der Waals surface area contributed by atoms with E-state index in [-0.39, 0.29) is 18.7 Å². The average molecular weight is 279 g/mol. The first-order valence-electron chi connectivity index (χ1n) is 6.11. The van der Waals surface area contributed by atoms with Crippen LogP contribution in [-0.2, 0) is 14.3 Å². The minimum absolute atomic E-state index is 0.0749. The molecule has 106 valence electrons. The summed E-state index contributed by atoms with van der Waals surface area (Å²) in [5.41, 5.74) is 5.92. The number of carbonyl (C=O) groups excluding carboxylic acids is 2. The predicted octanol–water partition coefficient (Wildman–Crippen LogP) is 0.809. The van der Waals surface area contributed by atoms with Crippen LogP contribution in [-0.4, -0.2) is 30.2 Å². The highest BCUT2D eigenvalue weighted by Gasteiger charge is 2.35. The number of primary amides is 1. The fraction of sp³-hybridized carbons (Fsp3) is 0.308. The number of amides is 1. The Bertz CT molecular complexity index is 556. The Hall–Kier alpha value is -2.44. The zero-order chi connectivity index (χ0) is 14.7. The number of carbonyl (C=O) groups is 2. The summed E-state index contributed by atoms with van der Waals surface area (Å²) in [5.74, 6) is -1.60. The van der Waals surface area contributed by atoms with Crippen molar-refractivity contribution < 1.29 is 18.7 Å². The number of hydrogen-bond acceptors (Lipinski definition) is 5. The molecule has 0 radical (unpaired) electrons. The molecule has 20 heavy (non-hydrogen) atoms. The Morgan fingerprint density at radius 3 is 2.65 bits per heavy atom. The molecule has 0 saturated heterocycles. The molecule has 1 heterocycles. The molecule has 1 aliphatic rings. The van der Waals surface area contributed by atoms with Crippen LogP contribution in [0, 0.1) is 5.82 Å². The van der Waals surface area contributed by atoms with Crippen molar-refractivity contribution in [3.05, 3.63) is 30.1 Å². The minimum atomic E-state index is -0.778. The highest BCUT2D eigenvalue weighted by atomic mass is 19.1. The average Bonchev–Trinajstić information content (AvgIpc) is 2.85. The van der Waals surface area contributed by atoms with E-state index in [1.165, 1.54) is 29.3 Å². The van der Waals surface area contributed by atoms with Crippen molar-refractivity contribution in [2.24, 2.45) is 10.8 Å². The molecule has 6 nitrogen and oxygen atoms in total. The molecular weight excluding hydrogens is 265 g/mol. The molecule has 0 aromatic heterocycles. The van der Waals surface area contributed by atoms with E-state index in [1.807, 2.05) is 0 Å². The van der Waals surface area contributed by atoms with Gasteiger partial charge in [-0.15, -0.1) is 0 Å². The van der Waals surface area contributed by atoms with Gasteiger partial charge >= 0.3 is 5.97 Å². The first-order chi connectivity index (χ1) is 9.52. The van der Waals surface area contributed by atoms with Crippen molar-refractivity contribution in [2.45, 2.75) is 19.4 Å². The van der Waals surface area contributed by atoms with Crippen molar-refractivity contribution in [1.29, 1.82) is 0 Å². The summed E-state index contributed by atoms with van der Waals surface area (Å²) in [4.78, 5) is 23.1. The first kappa shape index (κ1) is 14.0. The van der Waals surface area contributed by atoms with Crippen LogP contribution in [0.15, 0.2) is 29.4 Å². The molecule has 2 rings (SSSR count). The van der Waals surface area contributed by atoms with E-state index in [0.29, 0.717) is 5.69 Å². The zero-order valence-corrected chi connectivity index (χ0v) is 10.9.